The van der Waals surface area contributed by atoms with E-state index in [1.165, 1.54) is 0 Å². The van der Waals surface area contributed by atoms with Crippen LogP contribution in [0.5, 0.6) is 0 Å². The highest BCUT2D eigenvalue weighted by atomic mass is 16.4. The molecule has 1 amide bonds. The van der Waals surface area contributed by atoms with Gasteiger partial charge in [-0.25, -0.2) is 4.79 Å². The van der Waals surface area contributed by atoms with Gasteiger partial charge in [-0.3, -0.25) is 4.79 Å². The van der Waals surface area contributed by atoms with Crippen LogP contribution in [0.1, 0.15) is 41.0 Å². The lowest BCUT2D eigenvalue weighted by molar-refractivity contribution is -0.145. The fourth-order valence-corrected chi connectivity index (χ4v) is 1.81. The van der Waals surface area contributed by atoms with Crippen LogP contribution in [0.15, 0.2) is 0 Å². The van der Waals surface area contributed by atoms with Crippen molar-refractivity contribution in [1.82, 2.24) is 5.32 Å². The van der Waals surface area contributed by atoms with Crippen LogP contribution in [0.4, 0.5) is 0 Å². The molecule has 2 N–H and O–H groups in total. The first-order chi connectivity index (χ1) is 7.05. The van der Waals surface area contributed by atoms with Crippen LogP contribution in [0.2, 0.25) is 0 Å². The maximum Gasteiger partial charge on any atom is 0.326 e. The Hall–Kier alpha value is -1.06. The summed E-state index contributed by atoms with van der Waals surface area (Å²) in [5.74, 6) is -1.14. The van der Waals surface area contributed by atoms with E-state index in [2.05, 4.69) is 5.32 Å². The summed E-state index contributed by atoms with van der Waals surface area (Å²) < 4.78 is 0. The normalized spacial score (nSPS) is 24.7. The van der Waals surface area contributed by atoms with Gasteiger partial charge in [-0.2, -0.15) is 0 Å². The number of carboxylic acids is 1. The Balaban J connectivity index is 2.64. The molecule has 0 radical (unpaired) electrons. The minimum absolute atomic E-state index is 0.0308. The molecule has 0 saturated heterocycles. The van der Waals surface area contributed by atoms with E-state index in [0.29, 0.717) is 0 Å². The number of amides is 1. The van der Waals surface area contributed by atoms with Crippen LogP contribution in [0.3, 0.4) is 0 Å². The molecule has 0 spiro atoms. The van der Waals surface area contributed by atoms with Crippen molar-refractivity contribution in [3.05, 3.63) is 0 Å². The Labute approximate surface area is 96.4 Å². The maximum atomic E-state index is 11.8. The van der Waals surface area contributed by atoms with Crippen molar-refractivity contribution in [2.45, 2.75) is 47.1 Å². The van der Waals surface area contributed by atoms with Crippen LogP contribution < -0.4 is 5.32 Å². The van der Waals surface area contributed by atoms with Crippen molar-refractivity contribution in [2.24, 2.45) is 16.7 Å². The van der Waals surface area contributed by atoms with Gasteiger partial charge in [-0.15, -0.1) is 0 Å². The first-order valence-electron chi connectivity index (χ1n) is 5.59. The first kappa shape index (κ1) is 13.0. The van der Waals surface area contributed by atoms with Gasteiger partial charge in [0.25, 0.3) is 0 Å². The summed E-state index contributed by atoms with van der Waals surface area (Å²) in [5.41, 5.74) is -0.439. The molecular formula is C12H21NO3. The molecule has 4 nitrogen and oxygen atoms in total. The topological polar surface area (TPSA) is 66.4 Å². The number of carboxylic acid groups (broad SMARTS) is 1. The summed E-state index contributed by atoms with van der Waals surface area (Å²) in [6.07, 6.45) is 0.843. The Bertz CT molecular complexity index is 315. The molecule has 2 unspecified atom stereocenters. The molecule has 92 valence electrons. The zero-order valence-electron chi connectivity index (χ0n) is 10.6. The Morgan fingerprint density at radius 2 is 1.81 bits per heavy atom. The van der Waals surface area contributed by atoms with Crippen molar-refractivity contribution in [2.75, 3.05) is 0 Å². The van der Waals surface area contributed by atoms with E-state index in [1.54, 1.807) is 0 Å². The second kappa shape index (κ2) is 3.75. The van der Waals surface area contributed by atoms with Gasteiger partial charge < -0.3 is 10.4 Å². The third-order valence-corrected chi connectivity index (χ3v) is 3.23. The average molecular weight is 227 g/mol. The largest absolute Gasteiger partial charge is 0.480 e. The molecule has 0 bridgehead atoms. The summed E-state index contributed by atoms with van der Waals surface area (Å²) in [7, 11) is 0. The molecule has 4 heteroatoms. The quantitative estimate of drug-likeness (QED) is 0.770. The van der Waals surface area contributed by atoms with E-state index in [4.69, 9.17) is 5.11 Å². The predicted molar refractivity (Wildman–Crippen MR) is 60.9 cm³/mol. The van der Waals surface area contributed by atoms with Gasteiger partial charge >= 0.3 is 5.97 Å². The third kappa shape index (κ3) is 2.74. The zero-order valence-corrected chi connectivity index (χ0v) is 10.6. The smallest absolute Gasteiger partial charge is 0.326 e. The predicted octanol–water partition coefficient (Wildman–Crippen LogP) is 1.65. The van der Waals surface area contributed by atoms with Crippen molar-refractivity contribution >= 4 is 11.9 Å². The Kier molecular flexibility index (Phi) is 3.05. The molecule has 0 aromatic heterocycles. The minimum Gasteiger partial charge on any atom is -0.480 e. The summed E-state index contributed by atoms with van der Waals surface area (Å²) in [6, 6.07) is -0.823. The molecule has 1 aliphatic rings. The van der Waals surface area contributed by atoms with Crippen LogP contribution >= 0.6 is 0 Å². The standard InChI is InChI=1S/C12H21NO3/c1-11(2,3)8(10(15)16)13-9(14)7-6-12(7,4)5/h7-8H,6H2,1-5H3,(H,13,14)(H,15,16). The fraction of sp³-hybridized carbons (Fsp3) is 0.833. The summed E-state index contributed by atoms with van der Waals surface area (Å²) in [4.78, 5) is 22.9. The number of hydrogen-bond donors (Lipinski definition) is 2. The second-order valence-corrected chi connectivity index (χ2v) is 6.39. The highest BCUT2D eigenvalue weighted by molar-refractivity contribution is 5.87. The summed E-state index contributed by atoms with van der Waals surface area (Å²) in [5, 5.41) is 11.7. The monoisotopic (exact) mass is 227 g/mol. The van der Waals surface area contributed by atoms with Crippen LogP contribution in [-0.2, 0) is 9.59 Å². The van der Waals surface area contributed by atoms with E-state index in [1.807, 2.05) is 34.6 Å². The van der Waals surface area contributed by atoms with Crippen LogP contribution in [0.25, 0.3) is 0 Å². The Morgan fingerprint density at radius 1 is 1.38 bits per heavy atom. The lowest BCUT2D eigenvalue weighted by Gasteiger charge is -2.28. The molecule has 0 heterocycles. The molecule has 0 aromatic carbocycles. The lowest BCUT2D eigenvalue weighted by Crippen LogP contribution is -2.49. The average Bonchev–Trinajstić information content (AvgIpc) is 2.67. The van der Waals surface area contributed by atoms with Crippen LogP contribution in [-0.4, -0.2) is 23.0 Å². The molecule has 0 aliphatic heterocycles. The number of carbonyl (C=O) groups excluding carboxylic acids is 1. The van der Waals surface area contributed by atoms with E-state index < -0.39 is 17.4 Å². The van der Waals surface area contributed by atoms with Crippen molar-refractivity contribution < 1.29 is 14.7 Å². The molecule has 1 rings (SSSR count). The van der Waals surface area contributed by atoms with Gasteiger partial charge in [0.1, 0.15) is 6.04 Å². The number of hydrogen-bond acceptors (Lipinski definition) is 2. The maximum absolute atomic E-state index is 11.8. The highest BCUT2D eigenvalue weighted by Crippen LogP contribution is 2.51. The SMILES string of the molecule is CC(C)(C)C(NC(=O)C1CC1(C)C)C(=O)O. The van der Waals surface area contributed by atoms with E-state index >= 15 is 0 Å². The molecular weight excluding hydrogens is 206 g/mol. The highest BCUT2D eigenvalue weighted by Gasteiger charge is 2.51. The molecule has 1 aliphatic carbocycles. The summed E-state index contributed by atoms with van der Waals surface area (Å²) in [6.45, 7) is 9.46. The number of carbonyl (C=O) groups is 2. The molecule has 2 atom stereocenters. The van der Waals surface area contributed by atoms with Gasteiger partial charge in [0.15, 0.2) is 0 Å². The number of aliphatic carboxylic acids is 1. The lowest BCUT2D eigenvalue weighted by atomic mass is 9.86. The Morgan fingerprint density at radius 3 is 2.06 bits per heavy atom. The fourth-order valence-electron chi connectivity index (χ4n) is 1.81. The third-order valence-electron chi connectivity index (χ3n) is 3.23. The van der Waals surface area contributed by atoms with E-state index in [-0.39, 0.29) is 17.2 Å². The van der Waals surface area contributed by atoms with Gasteiger partial charge in [0.05, 0.1) is 0 Å². The van der Waals surface area contributed by atoms with Crippen molar-refractivity contribution in [1.29, 1.82) is 0 Å². The van der Waals surface area contributed by atoms with Crippen LogP contribution in [0, 0.1) is 16.7 Å². The van der Waals surface area contributed by atoms with Gasteiger partial charge in [-0.05, 0) is 17.3 Å². The molecule has 16 heavy (non-hydrogen) atoms. The van der Waals surface area contributed by atoms with Crippen molar-refractivity contribution in [3.8, 4) is 0 Å². The van der Waals surface area contributed by atoms with E-state index in [0.717, 1.165) is 6.42 Å². The van der Waals surface area contributed by atoms with Gasteiger partial charge in [0, 0.05) is 5.92 Å². The second-order valence-electron chi connectivity index (χ2n) is 6.39. The number of rotatable bonds is 3. The van der Waals surface area contributed by atoms with Gasteiger partial charge in [-0.1, -0.05) is 34.6 Å². The molecule has 1 fully saturated rings. The van der Waals surface area contributed by atoms with Gasteiger partial charge in [0.2, 0.25) is 5.91 Å². The molecule has 0 aromatic rings. The van der Waals surface area contributed by atoms with Crippen molar-refractivity contribution in [3.63, 3.8) is 0 Å². The van der Waals surface area contributed by atoms with E-state index in [9.17, 15) is 9.59 Å². The minimum atomic E-state index is -0.973. The number of nitrogens with one attached hydrogen (secondary N) is 1. The molecule has 1 saturated carbocycles. The summed E-state index contributed by atoms with van der Waals surface area (Å²) >= 11 is 0. The first-order valence-corrected chi connectivity index (χ1v) is 5.59. The zero-order chi connectivity index (χ0) is 12.7.